The summed E-state index contributed by atoms with van der Waals surface area (Å²) in [6.45, 7) is 12.7. The highest BCUT2D eigenvalue weighted by Crippen LogP contribution is 2.37. The molecule has 5 atom stereocenters. The number of aliphatic hydroxyl groups excluding tert-OH is 2. The largest absolute Gasteiger partial charge is 0.458 e. The second-order valence-electron chi connectivity index (χ2n) is 6.88. The summed E-state index contributed by atoms with van der Waals surface area (Å²) >= 11 is 0. The van der Waals surface area contributed by atoms with Gasteiger partial charge in [-0.05, 0) is 38.0 Å². The van der Waals surface area contributed by atoms with E-state index in [0.29, 0.717) is 16.7 Å². The van der Waals surface area contributed by atoms with E-state index in [-0.39, 0.29) is 18.4 Å². The first-order chi connectivity index (χ1) is 12.1. The molecule has 6 heteroatoms. The fourth-order valence-corrected chi connectivity index (χ4v) is 3.10. The number of esters is 2. The molecule has 0 aromatic carbocycles. The summed E-state index contributed by atoms with van der Waals surface area (Å²) in [7, 11) is 0. The molecule has 2 rings (SSSR count). The van der Waals surface area contributed by atoms with Crippen LogP contribution in [0.2, 0.25) is 0 Å². The second kappa shape index (κ2) is 8.01. The van der Waals surface area contributed by atoms with Gasteiger partial charge in [0.05, 0.1) is 18.1 Å². The van der Waals surface area contributed by atoms with Gasteiger partial charge in [0.1, 0.15) is 12.2 Å². The fraction of sp³-hybridized carbons (Fsp3) is 0.500. The molecule has 0 spiro atoms. The van der Waals surface area contributed by atoms with Crippen molar-refractivity contribution >= 4 is 11.9 Å². The number of hydrogen-bond donors (Lipinski definition) is 2. The van der Waals surface area contributed by atoms with Crippen molar-refractivity contribution in [2.45, 2.75) is 58.0 Å². The molecule has 1 aliphatic carbocycles. The molecule has 0 bridgehead atoms. The van der Waals surface area contributed by atoms with Gasteiger partial charge in [-0.3, -0.25) is 0 Å². The molecule has 0 aromatic rings. The summed E-state index contributed by atoms with van der Waals surface area (Å²) in [6.07, 6.45) is 0.173. The quantitative estimate of drug-likeness (QED) is 0.443. The number of carbonyl (C=O) groups is 2. The first-order valence-corrected chi connectivity index (χ1v) is 8.61. The van der Waals surface area contributed by atoms with Crippen LogP contribution in [-0.2, 0) is 19.1 Å². The predicted molar refractivity (Wildman–Crippen MR) is 96.0 cm³/mol. The smallest absolute Gasteiger partial charge is 0.334 e. The lowest BCUT2D eigenvalue weighted by Crippen LogP contribution is -2.36. The fourth-order valence-electron chi connectivity index (χ4n) is 3.10. The summed E-state index contributed by atoms with van der Waals surface area (Å²) < 4.78 is 11.0. The van der Waals surface area contributed by atoms with Crippen LogP contribution >= 0.6 is 0 Å². The molecule has 1 fully saturated rings. The molecule has 142 valence electrons. The van der Waals surface area contributed by atoms with E-state index in [4.69, 9.17) is 9.47 Å². The van der Waals surface area contributed by atoms with E-state index in [9.17, 15) is 19.8 Å². The molecular formula is C20H26O6. The van der Waals surface area contributed by atoms with E-state index in [1.165, 1.54) is 0 Å². The van der Waals surface area contributed by atoms with Crippen LogP contribution in [0.15, 0.2) is 47.6 Å². The Hall–Kier alpha value is -2.18. The van der Waals surface area contributed by atoms with Gasteiger partial charge in [-0.1, -0.05) is 19.2 Å². The Morgan fingerprint density at radius 1 is 1.35 bits per heavy atom. The molecule has 0 aromatic heterocycles. The highest BCUT2D eigenvalue weighted by Gasteiger charge is 2.45. The molecule has 1 aliphatic heterocycles. The van der Waals surface area contributed by atoms with E-state index in [2.05, 4.69) is 13.2 Å². The Kier molecular flexibility index (Phi) is 6.21. The molecule has 1 heterocycles. The van der Waals surface area contributed by atoms with Gasteiger partial charge in [-0.2, -0.15) is 0 Å². The van der Waals surface area contributed by atoms with Crippen LogP contribution < -0.4 is 0 Å². The van der Waals surface area contributed by atoms with Crippen molar-refractivity contribution in [3.63, 3.8) is 0 Å². The van der Waals surface area contributed by atoms with Gasteiger partial charge in [-0.25, -0.2) is 9.59 Å². The zero-order valence-corrected chi connectivity index (χ0v) is 15.4. The third kappa shape index (κ3) is 4.14. The zero-order valence-electron chi connectivity index (χ0n) is 15.4. The summed E-state index contributed by atoms with van der Waals surface area (Å²) in [5, 5.41) is 20.5. The average Bonchev–Trinajstić information content (AvgIpc) is 2.86. The van der Waals surface area contributed by atoms with E-state index >= 15 is 0 Å². The van der Waals surface area contributed by atoms with Gasteiger partial charge >= 0.3 is 11.9 Å². The third-order valence-electron chi connectivity index (χ3n) is 5.01. The number of aliphatic hydroxyl groups is 2. The molecule has 2 N–H and O–H groups in total. The number of hydrogen-bond acceptors (Lipinski definition) is 6. The van der Waals surface area contributed by atoms with E-state index in [1.54, 1.807) is 32.9 Å². The summed E-state index contributed by atoms with van der Waals surface area (Å²) in [4.78, 5) is 24.3. The highest BCUT2D eigenvalue weighted by atomic mass is 16.6. The van der Waals surface area contributed by atoms with Gasteiger partial charge in [0.15, 0.2) is 0 Å². The number of allylic oxidation sites excluding steroid dienone is 1. The van der Waals surface area contributed by atoms with Crippen LogP contribution in [-0.4, -0.2) is 46.6 Å². The van der Waals surface area contributed by atoms with Gasteiger partial charge in [-0.15, -0.1) is 0 Å². The van der Waals surface area contributed by atoms with Gasteiger partial charge in [0.2, 0.25) is 0 Å². The lowest BCUT2D eigenvalue weighted by Gasteiger charge is -2.30. The maximum Gasteiger partial charge on any atom is 0.334 e. The molecular weight excluding hydrogens is 336 g/mol. The van der Waals surface area contributed by atoms with Crippen molar-refractivity contribution in [3.05, 3.63) is 47.6 Å². The Balaban J connectivity index is 2.45. The monoisotopic (exact) mass is 362 g/mol. The topological polar surface area (TPSA) is 93.1 Å². The molecule has 0 amide bonds. The van der Waals surface area contributed by atoms with Crippen LogP contribution in [0, 0.1) is 5.92 Å². The lowest BCUT2D eigenvalue weighted by molar-refractivity contribution is -0.147. The summed E-state index contributed by atoms with van der Waals surface area (Å²) in [5.41, 5.74) is 1.61. The van der Waals surface area contributed by atoms with Crippen molar-refractivity contribution in [1.82, 2.24) is 0 Å². The summed E-state index contributed by atoms with van der Waals surface area (Å²) in [6, 6.07) is 0. The highest BCUT2D eigenvalue weighted by molar-refractivity contribution is 5.92. The predicted octanol–water partition coefficient (Wildman–Crippen LogP) is 1.98. The van der Waals surface area contributed by atoms with Crippen LogP contribution in [0.1, 0.15) is 33.6 Å². The Morgan fingerprint density at radius 3 is 2.62 bits per heavy atom. The third-order valence-corrected chi connectivity index (χ3v) is 5.01. The van der Waals surface area contributed by atoms with Crippen molar-refractivity contribution in [1.29, 1.82) is 0 Å². The molecule has 1 saturated heterocycles. The molecule has 6 nitrogen and oxygen atoms in total. The molecule has 26 heavy (non-hydrogen) atoms. The van der Waals surface area contributed by atoms with Crippen LogP contribution in [0.25, 0.3) is 0 Å². The standard InChI is InChI=1S/C20H26O6/c1-6-10(2)19(23)25-16-7-11(3)14(21)9-15(22)12(4)8-17-18(16)13(5)20(24)26-17/h6,8,14-18,21-22H,3,5,7,9H2,1-2,4H3/b10-6+,12-8+. The van der Waals surface area contributed by atoms with Gasteiger partial charge in [0.25, 0.3) is 0 Å². The summed E-state index contributed by atoms with van der Waals surface area (Å²) in [5.74, 6) is -1.68. The van der Waals surface area contributed by atoms with Gasteiger partial charge < -0.3 is 19.7 Å². The minimum absolute atomic E-state index is 0.0714. The second-order valence-corrected chi connectivity index (χ2v) is 6.88. The minimum atomic E-state index is -0.958. The Morgan fingerprint density at radius 2 is 2.00 bits per heavy atom. The molecule has 2 aliphatic rings. The average molecular weight is 362 g/mol. The maximum atomic E-state index is 12.3. The molecule has 0 saturated carbocycles. The van der Waals surface area contributed by atoms with E-state index < -0.39 is 42.3 Å². The molecule has 5 unspecified atom stereocenters. The minimum Gasteiger partial charge on any atom is -0.458 e. The Bertz CT molecular complexity index is 686. The van der Waals surface area contributed by atoms with Crippen LogP contribution in [0.4, 0.5) is 0 Å². The van der Waals surface area contributed by atoms with Crippen molar-refractivity contribution in [3.8, 4) is 0 Å². The van der Waals surface area contributed by atoms with Gasteiger partial charge in [0, 0.05) is 24.0 Å². The number of ether oxygens (including phenoxy) is 2. The zero-order chi connectivity index (χ0) is 19.6. The number of rotatable bonds is 2. The Labute approximate surface area is 153 Å². The maximum absolute atomic E-state index is 12.3. The number of fused-ring (bicyclic) bond motifs is 1. The number of carbonyl (C=O) groups excluding carboxylic acids is 2. The SMILES string of the molecule is C=C1CC(OC(=O)/C(C)=C/C)C2C(=C)C(=O)OC2/C=C(\C)C(O)CC1O. The van der Waals surface area contributed by atoms with Crippen LogP contribution in [0.3, 0.4) is 0 Å². The van der Waals surface area contributed by atoms with Crippen molar-refractivity contribution in [2.24, 2.45) is 5.92 Å². The normalized spacial score (nSPS) is 35.3. The molecule has 0 radical (unpaired) electrons. The first-order valence-electron chi connectivity index (χ1n) is 8.61. The van der Waals surface area contributed by atoms with E-state index in [0.717, 1.165) is 0 Å². The van der Waals surface area contributed by atoms with E-state index in [1.807, 2.05) is 0 Å². The van der Waals surface area contributed by atoms with Crippen LogP contribution in [0.5, 0.6) is 0 Å². The lowest BCUT2D eigenvalue weighted by atomic mass is 9.83. The van der Waals surface area contributed by atoms with Crippen molar-refractivity contribution < 1.29 is 29.3 Å². The van der Waals surface area contributed by atoms with Crippen molar-refractivity contribution in [2.75, 3.05) is 0 Å². The first kappa shape index (κ1) is 20.1.